The first kappa shape index (κ1) is 20.5. The van der Waals surface area contributed by atoms with Crippen LogP contribution >= 0.6 is 0 Å². The predicted molar refractivity (Wildman–Crippen MR) is 96.3 cm³/mol. The lowest BCUT2D eigenvalue weighted by molar-refractivity contribution is -0.144. The number of phenols is 1. The monoisotopic (exact) mass is 336 g/mol. The number of ether oxygens (including phenoxy) is 1. The Morgan fingerprint density at radius 1 is 1.08 bits per heavy atom. The van der Waals surface area contributed by atoms with Crippen molar-refractivity contribution < 1.29 is 19.7 Å². The molecule has 0 radical (unpaired) electrons. The summed E-state index contributed by atoms with van der Waals surface area (Å²) in [6.45, 7) is 4.11. The van der Waals surface area contributed by atoms with Crippen molar-refractivity contribution >= 4 is 5.97 Å². The molecule has 0 aromatic heterocycles. The molecule has 0 atom stereocenters. The number of carbonyl (C=O) groups is 1. The topological polar surface area (TPSA) is 66.8 Å². The Bertz CT molecular complexity index is 497. The maximum atomic E-state index is 11.3. The third-order valence-corrected chi connectivity index (χ3v) is 4.19. The molecule has 0 heterocycles. The number of aliphatic hydroxyl groups is 1. The molecule has 0 unspecified atom stereocenters. The van der Waals surface area contributed by atoms with Crippen LogP contribution in [0.25, 0.3) is 0 Å². The highest BCUT2D eigenvalue weighted by Gasteiger charge is 2.07. The molecule has 4 nitrogen and oxygen atoms in total. The molecule has 0 aliphatic rings. The molecule has 0 aliphatic heterocycles. The summed E-state index contributed by atoms with van der Waals surface area (Å²) < 4.78 is 4.82. The first-order chi connectivity index (χ1) is 11.6. The van der Waals surface area contributed by atoms with Gasteiger partial charge >= 0.3 is 5.97 Å². The fourth-order valence-electron chi connectivity index (χ4n) is 2.82. The second kappa shape index (κ2) is 11.9. The summed E-state index contributed by atoms with van der Waals surface area (Å²) in [6, 6.07) is 4.22. The molecule has 136 valence electrons. The first-order valence-electron chi connectivity index (χ1n) is 9.16. The van der Waals surface area contributed by atoms with Gasteiger partial charge in [-0.2, -0.15) is 0 Å². The highest BCUT2D eigenvalue weighted by Crippen LogP contribution is 2.26. The highest BCUT2D eigenvalue weighted by molar-refractivity contribution is 5.69. The van der Waals surface area contributed by atoms with E-state index in [1.165, 1.54) is 5.56 Å². The minimum absolute atomic E-state index is 0.0966. The molecular formula is C20H32O4. The largest absolute Gasteiger partial charge is 0.507 e. The van der Waals surface area contributed by atoms with E-state index in [4.69, 9.17) is 9.84 Å². The number of esters is 1. The molecule has 1 aromatic rings. The van der Waals surface area contributed by atoms with E-state index in [1.54, 1.807) is 0 Å². The minimum atomic E-state index is -0.223. The van der Waals surface area contributed by atoms with Crippen molar-refractivity contribution in [3.63, 3.8) is 0 Å². The van der Waals surface area contributed by atoms with E-state index in [1.807, 2.05) is 6.92 Å². The van der Waals surface area contributed by atoms with Crippen molar-refractivity contribution in [1.82, 2.24) is 0 Å². The average Bonchev–Trinajstić information content (AvgIpc) is 2.57. The van der Waals surface area contributed by atoms with Crippen LogP contribution in [-0.4, -0.2) is 29.4 Å². The number of aliphatic hydroxyl groups excluding tert-OH is 1. The lowest BCUT2D eigenvalue weighted by Crippen LogP contribution is -2.07. The number of aromatic hydroxyl groups is 1. The van der Waals surface area contributed by atoms with Gasteiger partial charge in [0.25, 0.3) is 0 Å². The Hall–Kier alpha value is -1.55. The van der Waals surface area contributed by atoms with Crippen molar-refractivity contribution in [1.29, 1.82) is 0 Å². The summed E-state index contributed by atoms with van der Waals surface area (Å²) in [5.74, 6) is 0.229. The summed E-state index contributed by atoms with van der Waals surface area (Å²) in [7, 11) is 0. The Kier molecular flexibility index (Phi) is 10.2. The number of carbonyl (C=O) groups excluding carboxylic acids is 1. The Labute approximate surface area is 145 Å². The Morgan fingerprint density at radius 2 is 1.83 bits per heavy atom. The van der Waals surface area contributed by atoms with Gasteiger partial charge in [0.1, 0.15) is 12.4 Å². The SMILES string of the molecule is CCCCc1cc(CCCCCCC(=O)OCCO)cc(C)c1O. The van der Waals surface area contributed by atoms with Gasteiger partial charge in [-0.15, -0.1) is 0 Å². The Morgan fingerprint density at radius 3 is 2.54 bits per heavy atom. The molecule has 1 aromatic carbocycles. The third kappa shape index (κ3) is 7.82. The molecule has 4 heteroatoms. The molecule has 0 fully saturated rings. The number of rotatable bonds is 12. The van der Waals surface area contributed by atoms with Gasteiger partial charge in [0.15, 0.2) is 0 Å². The van der Waals surface area contributed by atoms with E-state index >= 15 is 0 Å². The normalized spacial score (nSPS) is 10.8. The van der Waals surface area contributed by atoms with E-state index in [0.29, 0.717) is 12.2 Å². The predicted octanol–water partition coefficient (Wildman–Crippen LogP) is 4.07. The van der Waals surface area contributed by atoms with Crippen molar-refractivity contribution in [3.8, 4) is 5.75 Å². The van der Waals surface area contributed by atoms with Gasteiger partial charge in [0.05, 0.1) is 6.61 Å². The molecule has 0 saturated carbocycles. The fraction of sp³-hybridized carbons (Fsp3) is 0.650. The van der Waals surface area contributed by atoms with E-state index in [-0.39, 0.29) is 19.2 Å². The van der Waals surface area contributed by atoms with Gasteiger partial charge in [-0.05, 0) is 55.7 Å². The summed E-state index contributed by atoms with van der Waals surface area (Å²) in [6.07, 6.45) is 8.61. The maximum Gasteiger partial charge on any atom is 0.305 e. The summed E-state index contributed by atoms with van der Waals surface area (Å²) in [5.41, 5.74) is 3.32. The molecule has 0 aliphatic carbocycles. The van der Waals surface area contributed by atoms with Gasteiger partial charge < -0.3 is 14.9 Å². The van der Waals surface area contributed by atoms with Crippen molar-refractivity contribution in [2.45, 2.75) is 71.6 Å². The van der Waals surface area contributed by atoms with Gasteiger partial charge in [0.2, 0.25) is 0 Å². The number of hydrogen-bond donors (Lipinski definition) is 2. The van der Waals surface area contributed by atoms with Crippen LogP contribution in [0.4, 0.5) is 0 Å². The summed E-state index contributed by atoms with van der Waals surface area (Å²) >= 11 is 0. The van der Waals surface area contributed by atoms with E-state index in [0.717, 1.165) is 62.5 Å². The number of hydrogen-bond acceptors (Lipinski definition) is 4. The molecule has 0 bridgehead atoms. The molecule has 24 heavy (non-hydrogen) atoms. The average molecular weight is 336 g/mol. The zero-order valence-corrected chi connectivity index (χ0v) is 15.1. The van der Waals surface area contributed by atoms with E-state index in [9.17, 15) is 9.90 Å². The first-order valence-corrected chi connectivity index (χ1v) is 9.16. The summed E-state index contributed by atoms with van der Waals surface area (Å²) in [4.78, 5) is 11.3. The van der Waals surface area contributed by atoms with Gasteiger partial charge in [-0.1, -0.05) is 38.3 Å². The van der Waals surface area contributed by atoms with Crippen LogP contribution in [-0.2, 0) is 22.4 Å². The standard InChI is InChI=1S/C20H32O4/c1-3-4-10-18-15-17(14-16(2)20(18)23)9-7-5-6-8-11-19(22)24-13-12-21/h14-15,21,23H,3-13H2,1-2H3. The second-order valence-corrected chi connectivity index (χ2v) is 6.38. The van der Waals surface area contributed by atoms with Gasteiger partial charge in [-0.3, -0.25) is 4.79 Å². The third-order valence-electron chi connectivity index (χ3n) is 4.19. The van der Waals surface area contributed by atoms with Crippen LogP contribution in [0.15, 0.2) is 12.1 Å². The Balaban J connectivity index is 2.29. The van der Waals surface area contributed by atoms with E-state index < -0.39 is 0 Å². The molecular weight excluding hydrogens is 304 g/mol. The summed E-state index contributed by atoms with van der Waals surface area (Å²) in [5, 5.41) is 18.7. The molecule has 0 amide bonds. The van der Waals surface area contributed by atoms with Crippen molar-refractivity contribution in [2.75, 3.05) is 13.2 Å². The van der Waals surface area contributed by atoms with Gasteiger partial charge in [0, 0.05) is 6.42 Å². The number of benzene rings is 1. The highest BCUT2D eigenvalue weighted by atomic mass is 16.5. The number of phenolic OH excluding ortho intramolecular Hbond substituents is 1. The van der Waals surface area contributed by atoms with Crippen LogP contribution < -0.4 is 0 Å². The molecule has 0 spiro atoms. The lowest BCUT2D eigenvalue weighted by Gasteiger charge is -2.11. The molecule has 0 saturated heterocycles. The van der Waals surface area contributed by atoms with Crippen LogP contribution in [0.3, 0.4) is 0 Å². The lowest BCUT2D eigenvalue weighted by atomic mass is 9.97. The minimum Gasteiger partial charge on any atom is -0.507 e. The zero-order valence-electron chi connectivity index (χ0n) is 15.1. The van der Waals surface area contributed by atoms with Crippen molar-refractivity contribution in [3.05, 3.63) is 28.8 Å². The van der Waals surface area contributed by atoms with Crippen LogP contribution in [0.5, 0.6) is 5.75 Å². The quantitative estimate of drug-likeness (QED) is 0.446. The smallest absolute Gasteiger partial charge is 0.305 e. The van der Waals surface area contributed by atoms with Crippen LogP contribution in [0, 0.1) is 6.92 Å². The number of aryl methyl sites for hydroxylation is 3. The van der Waals surface area contributed by atoms with Crippen LogP contribution in [0.1, 0.15) is 68.6 Å². The second-order valence-electron chi connectivity index (χ2n) is 6.38. The fourth-order valence-corrected chi connectivity index (χ4v) is 2.82. The molecule has 2 N–H and O–H groups in total. The number of unbranched alkanes of at least 4 members (excludes halogenated alkanes) is 4. The maximum absolute atomic E-state index is 11.3. The molecule has 1 rings (SSSR count). The zero-order chi connectivity index (χ0) is 17.8. The van der Waals surface area contributed by atoms with Crippen molar-refractivity contribution in [2.24, 2.45) is 0 Å². The van der Waals surface area contributed by atoms with Gasteiger partial charge in [-0.25, -0.2) is 0 Å². The van der Waals surface area contributed by atoms with E-state index in [2.05, 4.69) is 19.1 Å². The van der Waals surface area contributed by atoms with Crippen LogP contribution in [0.2, 0.25) is 0 Å².